The van der Waals surface area contributed by atoms with Crippen LogP contribution in [0.15, 0.2) is 23.2 Å². The summed E-state index contributed by atoms with van der Waals surface area (Å²) in [4.78, 5) is 16.9. The van der Waals surface area contributed by atoms with E-state index in [1.165, 1.54) is 0 Å². The summed E-state index contributed by atoms with van der Waals surface area (Å²) < 4.78 is 5.51. The van der Waals surface area contributed by atoms with Crippen LogP contribution in [-0.2, 0) is 9.53 Å². The van der Waals surface area contributed by atoms with Crippen molar-refractivity contribution in [2.45, 2.75) is 33.1 Å². The molecule has 1 fully saturated rings. The second-order valence-electron chi connectivity index (χ2n) is 7.11. The summed E-state index contributed by atoms with van der Waals surface area (Å²) in [5.74, 6) is 0.577. The third kappa shape index (κ3) is 6.65. The largest absolute Gasteiger partial charge is 0.396 e. The zero-order valence-electron chi connectivity index (χ0n) is 16.7. The molecule has 1 amide bonds. The highest BCUT2D eigenvalue weighted by atomic mass is 35.5. The van der Waals surface area contributed by atoms with E-state index in [0.29, 0.717) is 50.1 Å². The molecule has 1 aromatic carbocycles. The molecule has 1 aromatic rings. The van der Waals surface area contributed by atoms with Crippen molar-refractivity contribution in [1.82, 2.24) is 10.6 Å². The van der Waals surface area contributed by atoms with Gasteiger partial charge in [-0.25, -0.2) is 0 Å². The van der Waals surface area contributed by atoms with Gasteiger partial charge in [0.25, 0.3) is 0 Å². The number of hydrogen-bond acceptors (Lipinski definition) is 4. The number of carbonyl (C=O) groups excluding carboxylic acids is 1. The molecule has 2 rings (SSSR count). The predicted molar refractivity (Wildman–Crippen MR) is 113 cm³/mol. The van der Waals surface area contributed by atoms with Crippen LogP contribution in [0.25, 0.3) is 0 Å². The minimum absolute atomic E-state index is 0.0883. The Labute approximate surface area is 171 Å². The number of benzene rings is 1. The molecule has 8 heteroatoms. The first-order valence-electron chi connectivity index (χ1n) is 9.75. The Morgan fingerprint density at radius 1 is 1.39 bits per heavy atom. The first-order chi connectivity index (χ1) is 13.5. The van der Waals surface area contributed by atoms with Crippen molar-refractivity contribution in [3.05, 3.63) is 28.8 Å². The lowest BCUT2D eigenvalue weighted by atomic mass is 9.84. The standard InChI is InChI=1S/C20H31ClN4O3/c1-3-22-19(24-13-20(8-11-26)9-12-28-14-20)23-10-7-18(27)25-17-6-4-5-16(21)15(17)2/h4-6,26H,3,7-14H2,1-2H3,(H,25,27)(H2,22,23,24). The van der Waals surface area contributed by atoms with E-state index in [1.807, 2.05) is 26.0 Å². The third-order valence-corrected chi connectivity index (χ3v) is 5.34. The van der Waals surface area contributed by atoms with Crippen molar-refractivity contribution in [2.24, 2.45) is 10.4 Å². The van der Waals surface area contributed by atoms with E-state index in [1.54, 1.807) is 6.07 Å². The molecule has 1 aliphatic rings. The van der Waals surface area contributed by atoms with Crippen LogP contribution in [0.4, 0.5) is 5.69 Å². The normalized spacial score (nSPS) is 19.5. The van der Waals surface area contributed by atoms with E-state index < -0.39 is 0 Å². The number of guanidine groups is 1. The zero-order valence-corrected chi connectivity index (χ0v) is 17.4. The van der Waals surface area contributed by atoms with Gasteiger partial charge in [-0.15, -0.1) is 0 Å². The number of nitrogens with zero attached hydrogens (tertiary/aromatic N) is 1. The molecule has 1 heterocycles. The van der Waals surface area contributed by atoms with Gasteiger partial charge in [0.2, 0.25) is 5.91 Å². The SMILES string of the molecule is CCNC(=NCC1(CCO)CCOC1)NCCC(=O)Nc1cccc(Cl)c1C. The number of carbonyl (C=O) groups is 1. The summed E-state index contributed by atoms with van der Waals surface area (Å²) in [6, 6.07) is 5.45. The van der Waals surface area contributed by atoms with Crippen molar-refractivity contribution in [3.63, 3.8) is 0 Å². The van der Waals surface area contributed by atoms with E-state index in [2.05, 4.69) is 20.9 Å². The van der Waals surface area contributed by atoms with Gasteiger partial charge in [0.1, 0.15) is 0 Å². The molecule has 156 valence electrons. The highest BCUT2D eigenvalue weighted by Gasteiger charge is 2.34. The van der Waals surface area contributed by atoms with Crippen LogP contribution in [0.1, 0.15) is 31.7 Å². The fraction of sp³-hybridized carbons (Fsp3) is 0.600. The molecule has 1 aliphatic heterocycles. The molecule has 0 bridgehead atoms. The summed E-state index contributed by atoms with van der Waals surface area (Å²) >= 11 is 6.09. The van der Waals surface area contributed by atoms with Crippen molar-refractivity contribution in [3.8, 4) is 0 Å². The molecule has 0 aromatic heterocycles. The Balaban J connectivity index is 1.85. The van der Waals surface area contributed by atoms with Gasteiger partial charge in [0.15, 0.2) is 5.96 Å². The van der Waals surface area contributed by atoms with Gasteiger partial charge in [-0.05, 0) is 44.4 Å². The third-order valence-electron chi connectivity index (χ3n) is 4.93. The van der Waals surface area contributed by atoms with Crippen molar-refractivity contribution >= 4 is 29.2 Å². The molecule has 0 aliphatic carbocycles. The molecule has 7 nitrogen and oxygen atoms in total. The molecule has 0 saturated carbocycles. The zero-order chi connectivity index (χ0) is 20.4. The molecule has 0 spiro atoms. The molecular weight excluding hydrogens is 380 g/mol. The topological polar surface area (TPSA) is 95.0 Å². The molecule has 0 radical (unpaired) electrons. The molecule has 28 heavy (non-hydrogen) atoms. The van der Waals surface area contributed by atoms with Gasteiger partial charge in [-0.3, -0.25) is 9.79 Å². The smallest absolute Gasteiger partial charge is 0.226 e. The Morgan fingerprint density at radius 2 is 2.21 bits per heavy atom. The van der Waals surface area contributed by atoms with Crippen LogP contribution >= 0.6 is 11.6 Å². The Morgan fingerprint density at radius 3 is 2.89 bits per heavy atom. The van der Waals surface area contributed by atoms with Gasteiger partial charge in [-0.1, -0.05) is 17.7 Å². The second-order valence-corrected chi connectivity index (χ2v) is 7.52. The number of nitrogens with one attached hydrogen (secondary N) is 3. The molecule has 1 saturated heterocycles. The van der Waals surface area contributed by atoms with Crippen LogP contribution in [-0.4, -0.2) is 56.4 Å². The lowest BCUT2D eigenvalue weighted by Gasteiger charge is -2.24. The maximum absolute atomic E-state index is 12.2. The lowest BCUT2D eigenvalue weighted by molar-refractivity contribution is -0.116. The molecule has 1 atom stereocenters. The van der Waals surface area contributed by atoms with E-state index in [0.717, 1.165) is 24.2 Å². The van der Waals surface area contributed by atoms with Gasteiger partial charge in [-0.2, -0.15) is 0 Å². The minimum Gasteiger partial charge on any atom is -0.396 e. The van der Waals surface area contributed by atoms with Gasteiger partial charge in [0.05, 0.1) is 13.2 Å². The summed E-state index contributed by atoms with van der Waals surface area (Å²) in [6.07, 6.45) is 1.89. The Bertz CT molecular complexity index is 675. The predicted octanol–water partition coefficient (Wildman–Crippen LogP) is 2.32. The van der Waals surface area contributed by atoms with Gasteiger partial charge in [0, 0.05) is 48.8 Å². The van der Waals surface area contributed by atoms with Crippen LogP contribution in [0.2, 0.25) is 5.02 Å². The van der Waals surface area contributed by atoms with E-state index >= 15 is 0 Å². The highest BCUT2D eigenvalue weighted by Crippen LogP contribution is 2.32. The van der Waals surface area contributed by atoms with E-state index in [4.69, 9.17) is 16.3 Å². The van der Waals surface area contributed by atoms with Crippen molar-refractivity contribution in [2.75, 3.05) is 44.8 Å². The Kier molecular flexibility index (Phi) is 9.02. The number of hydrogen-bond donors (Lipinski definition) is 4. The van der Waals surface area contributed by atoms with Crippen molar-refractivity contribution in [1.29, 1.82) is 0 Å². The van der Waals surface area contributed by atoms with Crippen molar-refractivity contribution < 1.29 is 14.6 Å². The second kappa shape index (κ2) is 11.2. The first kappa shape index (κ1) is 22.5. The number of aliphatic imine (C=N–C) groups is 1. The molecule has 1 unspecified atom stereocenters. The minimum atomic E-state index is -0.0986. The molecule has 4 N–H and O–H groups in total. The van der Waals surface area contributed by atoms with E-state index in [-0.39, 0.29) is 17.9 Å². The van der Waals surface area contributed by atoms with Crippen LogP contribution in [0.3, 0.4) is 0 Å². The van der Waals surface area contributed by atoms with Gasteiger partial charge >= 0.3 is 0 Å². The number of halogens is 1. The summed E-state index contributed by atoms with van der Waals surface area (Å²) in [7, 11) is 0. The van der Waals surface area contributed by atoms with Crippen LogP contribution in [0.5, 0.6) is 0 Å². The number of aliphatic hydroxyl groups excluding tert-OH is 1. The quantitative estimate of drug-likeness (QED) is 0.370. The summed E-state index contributed by atoms with van der Waals surface area (Å²) in [5, 5.41) is 19.2. The van der Waals surface area contributed by atoms with Gasteiger partial charge < -0.3 is 25.8 Å². The number of anilines is 1. The fourth-order valence-corrected chi connectivity index (χ4v) is 3.30. The number of rotatable bonds is 9. The number of amides is 1. The van der Waals surface area contributed by atoms with E-state index in [9.17, 15) is 9.90 Å². The highest BCUT2D eigenvalue weighted by molar-refractivity contribution is 6.31. The van der Waals surface area contributed by atoms with Crippen LogP contribution < -0.4 is 16.0 Å². The maximum Gasteiger partial charge on any atom is 0.226 e. The number of aliphatic hydroxyl groups is 1. The monoisotopic (exact) mass is 410 g/mol. The maximum atomic E-state index is 12.2. The lowest BCUT2D eigenvalue weighted by Crippen LogP contribution is -2.40. The number of ether oxygens (including phenoxy) is 1. The average molecular weight is 411 g/mol. The first-order valence-corrected chi connectivity index (χ1v) is 10.1. The fourth-order valence-electron chi connectivity index (χ4n) is 3.13. The van der Waals surface area contributed by atoms with Crippen LogP contribution in [0, 0.1) is 12.3 Å². The Hall–Kier alpha value is -1.83. The summed E-state index contributed by atoms with van der Waals surface area (Å²) in [5.41, 5.74) is 1.48. The summed E-state index contributed by atoms with van der Waals surface area (Å²) in [6.45, 7) is 7.10. The molecular formula is C20H31ClN4O3. The average Bonchev–Trinajstić information content (AvgIpc) is 3.13.